The van der Waals surface area contributed by atoms with Crippen molar-refractivity contribution in [3.63, 3.8) is 0 Å². The number of hydrogen-bond acceptors (Lipinski definition) is 1. The molecule has 1 aromatic heterocycles. The van der Waals surface area contributed by atoms with Crippen LogP contribution in [0, 0.1) is 27.8 Å². The Morgan fingerprint density at radius 1 is 0.675 bits per heavy atom. The normalized spacial score (nSPS) is 11.4. The maximum atomic E-state index is 5.49. The van der Waals surface area contributed by atoms with E-state index in [0.29, 0.717) is 11.8 Å². The van der Waals surface area contributed by atoms with Crippen LogP contribution in [-0.2, 0) is 25.8 Å². The topological polar surface area (TPSA) is 27.0 Å². The Bertz CT molecular complexity index is 1530. The molecule has 1 unspecified atom stereocenters. The van der Waals surface area contributed by atoms with E-state index < -0.39 is 0 Å². The molecule has 0 aliphatic carbocycles. The van der Waals surface area contributed by atoms with E-state index >= 15 is 0 Å². The van der Waals surface area contributed by atoms with E-state index in [1.807, 2.05) is 6.07 Å². The second-order valence-corrected chi connectivity index (χ2v) is 10.4. The molecule has 0 amide bonds. The fraction of sp³-hybridized carbons (Fsp3) is 0.216. The number of rotatable bonds is 7. The van der Waals surface area contributed by atoms with Gasteiger partial charge in [0.25, 0.3) is 0 Å². The summed E-state index contributed by atoms with van der Waals surface area (Å²) in [5.41, 5.74) is 8.94. The fourth-order valence-electron chi connectivity index (χ4n) is 5.15. The van der Waals surface area contributed by atoms with Gasteiger partial charge in [0.15, 0.2) is 0 Å². The van der Waals surface area contributed by atoms with Gasteiger partial charge in [-0.25, -0.2) is 0 Å². The number of pyridine rings is 1. The average molecular weight is 691 g/mol. The number of nitrogens with zero attached hydrogens (tertiary/aromatic N) is 2. The monoisotopic (exact) mass is 692 g/mol. The van der Waals surface area contributed by atoms with Crippen LogP contribution in [-0.4, -0.2) is 4.98 Å². The van der Waals surface area contributed by atoms with Crippen molar-refractivity contribution in [1.82, 2.24) is 4.98 Å². The summed E-state index contributed by atoms with van der Waals surface area (Å²) in [4.78, 5) is 5.25. The second-order valence-electron chi connectivity index (χ2n) is 10.4. The maximum Gasteiger partial charge on any atom is 4.00 e. The first-order chi connectivity index (χ1) is 17.9. The Hall–Kier alpha value is -3.04. The van der Waals surface area contributed by atoms with Gasteiger partial charge in [0.1, 0.15) is 0 Å². The molecule has 0 bridgehead atoms. The third-order valence-corrected chi connectivity index (χ3v) is 7.09. The molecule has 40 heavy (non-hydrogen) atoms. The summed E-state index contributed by atoms with van der Waals surface area (Å²) in [7, 11) is 0. The van der Waals surface area contributed by atoms with Crippen molar-refractivity contribution >= 4 is 16.5 Å². The van der Waals surface area contributed by atoms with Crippen LogP contribution < -0.4 is 0 Å². The van der Waals surface area contributed by atoms with Crippen molar-refractivity contribution in [3.05, 3.63) is 151 Å². The largest absolute Gasteiger partial charge is 4.00 e. The van der Waals surface area contributed by atoms with Gasteiger partial charge in [0.05, 0.1) is 0 Å². The average Bonchev–Trinajstić information content (AvgIpc) is 2.92. The van der Waals surface area contributed by atoms with Gasteiger partial charge >= 0.3 is 25.8 Å². The molecular formula is C37H40HfN2. The summed E-state index contributed by atoms with van der Waals surface area (Å²) in [6, 6.07) is 37.3. The Morgan fingerprint density at radius 2 is 1.30 bits per heavy atom. The van der Waals surface area contributed by atoms with Gasteiger partial charge in [0.2, 0.25) is 0 Å². The van der Waals surface area contributed by atoms with Crippen LogP contribution in [0.25, 0.3) is 27.3 Å². The van der Waals surface area contributed by atoms with E-state index in [-0.39, 0.29) is 46.7 Å². The van der Waals surface area contributed by atoms with Crippen LogP contribution in [0.2, 0.25) is 0 Å². The molecule has 5 aromatic rings. The van der Waals surface area contributed by atoms with Crippen LogP contribution in [0.1, 0.15) is 73.5 Å². The van der Waals surface area contributed by atoms with Gasteiger partial charge in [-0.05, 0) is 42.1 Å². The van der Waals surface area contributed by atoms with Gasteiger partial charge in [-0.1, -0.05) is 129 Å². The summed E-state index contributed by atoms with van der Waals surface area (Å²) in [5.74, 6) is 0.758. The van der Waals surface area contributed by atoms with Crippen molar-refractivity contribution in [3.8, 4) is 11.3 Å². The molecule has 0 saturated carbocycles. The van der Waals surface area contributed by atoms with Crippen molar-refractivity contribution in [2.45, 2.75) is 52.5 Å². The molecule has 3 heteroatoms. The number of aryl methyl sites for hydroxylation is 1. The molecule has 0 fully saturated rings. The second kappa shape index (κ2) is 14.6. The minimum absolute atomic E-state index is 0. The molecule has 0 spiro atoms. The zero-order valence-corrected chi connectivity index (χ0v) is 28.5. The molecule has 1 heterocycles. The number of hydrogen-bond donors (Lipinski definition) is 0. The summed E-state index contributed by atoms with van der Waals surface area (Å²) in [6.45, 7) is 11.1. The van der Waals surface area contributed by atoms with Gasteiger partial charge in [0, 0.05) is 5.69 Å². The minimum atomic E-state index is -0.216. The molecule has 0 aliphatic heterocycles. The first-order valence-electron chi connectivity index (χ1n) is 13.2. The van der Waals surface area contributed by atoms with E-state index in [9.17, 15) is 0 Å². The number of fused-ring (bicyclic) bond motifs is 1. The Balaban J connectivity index is 0.00000187. The summed E-state index contributed by atoms with van der Waals surface area (Å²) >= 11 is 0. The predicted octanol–water partition coefficient (Wildman–Crippen LogP) is 11.0. The van der Waals surface area contributed by atoms with Crippen LogP contribution in [0.5, 0.6) is 0 Å². The molecular weight excluding hydrogens is 651 g/mol. The van der Waals surface area contributed by atoms with E-state index in [1.54, 1.807) is 0 Å². The maximum absolute atomic E-state index is 5.49. The van der Waals surface area contributed by atoms with E-state index in [0.717, 1.165) is 28.0 Å². The standard InChI is InChI=1S/C35H34N2.2CH3.Hf/c1-23(2)27-16-8-9-18-31(27)35(37-34-25(5)13-10-19-28(34)24(3)4)33-22-12-21-32(36-33)30-20-11-15-26-14-6-7-17-29(26)30;;;/h6-19,21-24,35H,1-5H3;2*1H3;/q-2;2*-1;+4. The third kappa shape index (κ3) is 6.81. The van der Waals surface area contributed by atoms with E-state index in [1.165, 1.54) is 27.6 Å². The zero-order valence-electron chi connectivity index (χ0n) is 24.9. The minimum Gasteiger partial charge on any atom is -0.673 e. The summed E-state index contributed by atoms with van der Waals surface area (Å²) in [6.07, 6.45) is 0. The molecule has 5 rings (SSSR count). The smallest absolute Gasteiger partial charge is 0.673 e. The quantitative estimate of drug-likeness (QED) is 0.123. The van der Waals surface area contributed by atoms with Gasteiger partial charge < -0.3 is 25.2 Å². The Labute approximate surface area is 261 Å². The van der Waals surface area contributed by atoms with Gasteiger partial charge in [-0.3, -0.25) is 0 Å². The Morgan fingerprint density at radius 3 is 2.02 bits per heavy atom. The van der Waals surface area contributed by atoms with E-state index in [4.69, 9.17) is 10.3 Å². The van der Waals surface area contributed by atoms with Crippen LogP contribution in [0.4, 0.5) is 5.69 Å². The van der Waals surface area contributed by atoms with Crippen LogP contribution in [0.15, 0.2) is 97.1 Å². The molecule has 0 radical (unpaired) electrons. The summed E-state index contributed by atoms with van der Waals surface area (Å²) < 4.78 is 0. The molecule has 0 saturated heterocycles. The Kier molecular flexibility index (Phi) is 12.1. The number of aromatic nitrogens is 1. The van der Waals surface area contributed by atoms with Crippen molar-refractivity contribution in [2.24, 2.45) is 0 Å². The van der Waals surface area contributed by atoms with Crippen LogP contribution in [0.3, 0.4) is 0 Å². The molecule has 2 nitrogen and oxygen atoms in total. The number of para-hydroxylation sites is 1. The van der Waals surface area contributed by atoms with Gasteiger partial charge in [-0.2, -0.15) is 0 Å². The zero-order chi connectivity index (χ0) is 25.9. The molecule has 202 valence electrons. The summed E-state index contributed by atoms with van der Waals surface area (Å²) in [5, 5.41) is 7.84. The first-order valence-corrected chi connectivity index (χ1v) is 13.2. The van der Waals surface area contributed by atoms with Gasteiger partial charge in [-0.15, -0.1) is 34.8 Å². The SMILES string of the molecule is Cc1cccc(C(C)C)c1[N-]C(c1cccc(-c2[c-]ccc3ccccc23)n1)c1ccccc1C(C)C.[CH3-].[CH3-].[Hf+4]. The van der Waals surface area contributed by atoms with Crippen molar-refractivity contribution in [1.29, 1.82) is 0 Å². The van der Waals surface area contributed by atoms with Crippen molar-refractivity contribution in [2.75, 3.05) is 0 Å². The first kappa shape index (κ1) is 33.2. The third-order valence-electron chi connectivity index (χ3n) is 7.09. The molecule has 0 N–H and O–H groups in total. The van der Waals surface area contributed by atoms with Crippen LogP contribution >= 0.6 is 0 Å². The van der Waals surface area contributed by atoms with Crippen molar-refractivity contribution < 1.29 is 25.8 Å². The molecule has 0 aliphatic rings. The predicted molar refractivity (Wildman–Crippen MR) is 170 cm³/mol. The van der Waals surface area contributed by atoms with E-state index in [2.05, 4.69) is 132 Å². The molecule has 1 atom stereocenters. The number of benzene rings is 4. The fourth-order valence-corrected chi connectivity index (χ4v) is 5.15. The molecule has 4 aromatic carbocycles.